The van der Waals surface area contributed by atoms with Crippen molar-refractivity contribution in [3.8, 4) is 0 Å². The lowest BCUT2D eigenvalue weighted by Gasteiger charge is -2.10. The predicted octanol–water partition coefficient (Wildman–Crippen LogP) is 3.60. The van der Waals surface area contributed by atoms with Gasteiger partial charge in [0, 0.05) is 25.9 Å². The van der Waals surface area contributed by atoms with Gasteiger partial charge in [-0.25, -0.2) is 0 Å². The van der Waals surface area contributed by atoms with E-state index >= 15 is 0 Å². The number of ether oxygens (including phenoxy) is 2. The maximum atomic E-state index is 5.87. The largest absolute Gasteiger partial charge is 0.382 e. The average Bonchev–Trinajstić information content (AvgIpc) is 2.54. The summed E-state index contributed by atoms with van der Waals surface area (Å²) in [6.45, 7) is 6.99. The van der Waals surface area contributed by atoms with Crippen LogP contribution in [0.25, 0.3) is 0 Å². The van der Waals surface area contributed by atoms with E-state index in [4.69, 9.17) is 15.2 Å². The molecule has 0 aliphatic rings. The lowest BCUT2D eigenvalue weighted by Crippen LogP contribution is -2.23. The molecule has 6 heteroatoms. The summed E-state index contributed by atoms with van der Waals surface area (Å²) in [6, 6.07) is 8.34. The molecule has 0 fully saturated rings. The van der Waals surface area contributed by atoms with Crippen LogP contribution in [0.3, 0.4) is 0 Å². The van der Waals surface area contributed by atoms with Gasteiger partial charge in [0.25, 0.3) is 0 Å². The van der Waals surface area contributed by atoms with Crippen molar-refractivity contribution in [1.29, 1.82) is 0 Å². The lowest BCUT2D eigenvalue weighted by atomic mass is 9.99. The van der Waals surface area contributed by atoms with Gasteiger partial charge in [0.15, 0.2) is 5.96 Å². The van der Waals surface area contributed by atoms with Crippen molar-refractivity contribution < 1.29 is 9.47 Å². The highest BCUT2D eigenvalue weighted by Gasteiger charge is 2.02. The van der Waals surface area contributed by atoms with Crippen LogP contribution < -0.4 is 11.1 Å². The number of anilines is 1. The van der Waals surface area contributed by atoms with Crippen LogP contribution in [-0.4, -0.2) is 39.4 Å². The fourth-order valence-corrected chi connectivity index (χ4v) is 1.93. The summed E-state index contributed by atoms with van der Waals surface area (Å²) < 4.78 is 10.3. The van der Waals surface area contributed by atoms with E-state index in [1.165, 1.54) is 5.56 Å². The first-order valence-corrected chi connectivity index (χ1v) is 7.91. The summed E-state index contributed by atoms with van der Waals surface area (Å²) in [6.07, 6.45) is 1.99. The van der Waals surface area contributed by atoms with Crippen LogP contribution in [0.15, 0.2) is 29.3 Å². The molecule has 0 amide bonds. The number of aliphatic imine (C=N–C) groups is 1. The molecule has 1 aromatic rings. The quantitative estimate of drug-likeness (QED) is 0.255. The standard InChI is InChI=1S/C17H29N3O2.HI/c1-4-14(2)15-6-8-16(9-7-15)20-17(18)19-10-5-11-22-13-12-21-3;/h6-9,14H,4-5,10-13H2,1-3H3,(H3,18,19,20);1H. The third kappa shape index (κ3) is 9.78. The van der Waals surface area contributed by atoms with Crippen LogP contribution in [0.5, 0.6) is 0 Å². The zero-order valence-electron chi connectivity index (χ0n) is 14.4. The van der Waals surface area contributed by atoms with Gasteiger partial charge in [-0.05, 0) is 36.5 Å². The molecule has 0 heterocycles. The van der Waals surface area contributed by atoms with Gasteiger partial charge in [-0.15, -0.1) is 24.0 Å². The molecule has 0 aliphatic carbocycles. The van der Waals surface area contributed by atoms with E-state index in [1.54, 1.807) is 7.11 Å². The molecule has 1 rings (SSSR count). The van der Waals surface area contributed by atoms with Crippen molar-refractivity contribution in [2.45, 2.75) is 32.6 Å². The Morgan fingerprint density at radius 1 is 1.22 bits per heavy atom. The number of nitrogens with one attached hydrogen (secondary N) is 1. The van der Waals surface area contributed by atoms with Gasteiger partial charge in [-0.2, -0.15) is 0 Å². The Morgan fingerprint density at radius 2 is 1.91 bits per heavy atom. The Hall–Kier alpha value is -0.860. The minimum atomic E-state index is 0. The molecule has 3 N–H and O–H groups in total. The number of guanidine groups is 1. The molecule has 1 unspecified atom stereocenters. The maximum absolute atomic E-state index is 5.87. The number of halogens is 1. The van der Waals surface area contributed by atoms with Crippen molar-refractivity contribution in [1.82, 2.24) is 0 Å². The number of hydrogen-bond donors (Lipinski definition) is 2. The van der Waals surface area contributed by atoms with Crippen molar-refractivity contribution >= 4 is 35.6 Å². The minimum absolute atomic E-state index is 0. The van der Waals surface area contributed by atoms with Crippen molar-refractivity contribution in [2.24, 2.45) is 10.7 Å². The summed E-state index contributed by atoms with van der Waals surface area (Å²) in [5.74, 6) is 1.02. The molecule has 5 nitrogen and oxygen atoms in total. The zero-order valence-corrected chi connectivity index (χ0v) is 16.7. The van der Waals surface area contributed by atoms with Crippen LogP contribution in [0, 0.1) is 0 Å². The number of hydrogen-bond acceptors (Lipinski definition) is 3. The van der Waals surface area contributed by atoms with Crippen molar-refractivity contribution in [3.63, 3.8) is 0 Å². The Balaban J connectivity index is 0.00000484. The molecule has 0 radical (unpaired) electrons. The monoisotopic (exact) mass is 435 g/mol. The third-order valence-electron chi connectivity index (χ3n) is 3.53. The highest BCUT2D eigenvalue weighted by atomic mass is 127. The van der Waals surface area contributed by atoms with Gasteiger partial charge in [-0.3, -0.25) is 4.99 Å². The summed E-state index contributed by atoms with van der Waals surface area (Å²) in [5.41, 5.74) is 8.18. The number of nitrogens with zero attached hydrogens (tertiary/aromatic N) is 1. The molecular formula is C17H30IN3O2. The Labute approximate surface area is 157 Å². The predicted molar refractivity (Wildman–Crippen MR) is 108 cm³/mol. The smallest absolute Gasteiger partial charge is 0.193 e. The van der Waals surface area contributed by atoms with Crippen LogP contribution in [0.2, 0.25) is 0 Å². The van der Waals surface area contributed by atoms with E-state index in [2.05, 4.69) is 36.3 Å². The first-order chi connectivity index (χ1) is 10.7. The second-order valence-electron chi connectivity index (χ2n) is 5.28. The highest BCUT2D eigenvalue weighted by molar-refractivity contribution is 14.0. The fourth-order valence-electron chi connectivity index (χ4n) is 1.93. The van der Waals surface area contributed by atoms with Crippen molar-refractivity contribution in [2.75, 3.05) is 38.8 Å². The average molecular weight is 435 g/mol. The number of rotatable bonds is 10. The normalized spacial score (nSPS) is 12.6. The van der Waals surface area contributed by atoms with Gasteiger partial charge >= 0.3 is 0 Å². The van der Waals surface area contributed by atoms with Crippen LogP contribution in [0.1, 0.15) is 38.2 Å². The molecule has 0 spiro atoms. The van der Waals surface area contributed by atoms with Crippen LogP contribution >= 0.6 is 24.0 Å². The maximum Gasteiger partial charge on any atom is 0.193 e. The minimum Gasteiger partial charge on any atom is -0.382 e. The number of nitrogens with two attached hydrogens (primary N) is 1. The molecular weight excluding hydrogens is 405 g/mol. The Morgan fingerprint density at radius 3 is 2.52 bits per heavy atom. The van der Waals surface area contributed by atoms with Crippen molar-refractivity contribution in [3.05, 3.63) is 29.8 Å². The first kappa shape index (κ1) is 22.1. The fraction of sp³-hybridized carbons (Fsp3) is 0.588. The van der Waals surface area contributed by atoms with E-state index in [-0.39, 0.29) is 24.0 Å². The van der Waals surface area contributed by atoms with Crippen LogP contribution in [-0.2, 0) is 9.47 Å². The highest BCUT2D eigenvalue weighted by Crippen LogP contribution is 2.20. The lowest BCUT2D eigenvalue weighted by molar-refractivity contribution is 0.0702. The molecule has 23 heavy (non-hydrogen) atoms. The molecule has 1 atom stereocenters. The van der Waals surface area contributed by atoms with E-state index in [1.807, 2.05) is 12.1 Å². The Kier molecular flexibility index (Phi) is 13.1. The second-order valence-corrected chi connectivity index (χ2v) is 5.28. The van der Waals surface area contributed by atoms with E-state index in [0.717, 1.165) is 18.5 Å². The van der Waals surface area contributed by atoms with Crippen LogP contribution in [0.4, 0.5) is 5.69 Å². The Bertz CT molecular complexity index is 438. The van der Waals surface area contributed by atoms with Gasteiger partial charge < -0.3 is 20.5 Å². The summed E-state index contributed by atoms with van der Waals surface area (Å²) in [7, 11) is 1.66. The molecule has 0 bridgehead atoms. The second kappa shape index (κ2) is 13.6. The molecule has 1 aromatic carbocycles. The number of methoxy groups -OCH3 is 1. The first-order valence-electron chi connectivity index (χ1n) is 7.91. The van der Waals surface area contributed by atoms with E-state index in [9.17, 15) is 0 Å². The topological polar surface area (TPSA) is 68.9 Å². The third-order valence-corrected chi connectivity index (χ3v) is 3.53. The molecule has 0 aromatic heterocycles. The molecule has 0 saturated heterocycles. The van der Waals surface area contributed by atoms with Gasteiger partial charge in [0.05, 0.1) is 13.2 Å². The van der Waals surface area contributed by atoms with Gasteiger partial charge in [0.2, 0.25) is 0 Å². The SMILES string of the molecule is CCC(C)c1ccc(NC(N)=NCCCOCCOC)cc1.I. The van der Waals surface area contributed by atoms with E-state index < -0.39 is 0 Å². The molecule has 132 valence electrons. The summed E-state index contributed by atoms with van der Waals surface area (Å²) in [4.78, 5) is 4.28. The molecule has 0 saturated carbocycles. The zero-order chi connectivity index (χ0) is 16.2. The van der Waals surface area contributed by atoms with Gasteiger partial charge in [-0.1, -0.05) is 26.0 Å². The summed E-state index contributed by atoms with van der Waals surface area (Å²) >= 11 is 0. The van der Waals surface area contributed by atoms with Gasteiger partial charge in [0.1, 0.15) is 0 Å². The summed E-state index contributed by atoms with van der Waals surface area (Å²) in [5, 5.41) is 3.10. The van der Waals surface area contributed by atoms with E-state index in [0.29, 0.717) is 38.2 Å². The molecule has 0 aliphatic heterocycles. The number of benzene rings is 1.